The summed E-state index contributed by atoms with van der Waals surface area (Å²) in [6.45, 7) is 0.717. The average Bonchev–Trinajstić information content (AvgIpc) is 2.61. The Kier molecular flexibility index (Phi) is 5.07. The monoisotopic (exact) mass is 320 g/mol. The Labute approximate surface area is 141 Å². The molecule has 0 spiro atoms. The van der Waals surface area contributed by atoms with E-state index < -0.39 is 0 Å². The molecule has 3 heteroatoms. The highest BCUT2D eigenvalue weighted by Crippen LogP contribution is 2.17. The molecule has 2 nitrogen and oxygen atoms in total. The van der Waals surface area contributed by atoms with E-state index in [0.717, 1.165) is 22.8 Å². The number of hydrazone groups is 1. The Morgan fingerprint density at radius 3 is 2.04 bits per heavy atom. The van der Waals surface area contributed by atoms with Gasteiger partial charge in [0.15, 0.2) is 0 Å². The van der Waals surface area contributed by atoms with E-state index in [1.54, 1.807) is 0 Å². The fourth-order valence-electron chi connectivity index (χ4n) is 2.24. The van der Waals surface area contributed by atoms with Gasteiger partial charge in [0.25, 0.3) is 0 Å². The van der Waals surface area contributed by atoms with Crippen LogP contribution in [0.4, 0.5) is 5.69 Å². The first-order chi connectivity index (χ1) is 11.3. The third-order valence-corrected chi connectivity index (χ3v) is 3.70. The molecule has 0 saturated carbocycles. The van der Waals surface area contributed by atoms with Gasteiger partial charge in [-0.05, 0) is 35.4 Å². The van der Waals surface area contributed by atoms with Crippen molar-refractivity contribution in [2.24, 2.45) is 5.10 Å². The van der Waals surface area contributed by atoms with Crippen molar-refractivity contribution in [2.75, 3.05) is 5.01 Å². The second-order valence-electron chi connectivity index (χ2n) is 5.17. The predicted octanol–water partition coefficient (Wildman–Crippen LogP) is 5.38. The molecule has 0 saturated heterocycles. The van der Waals surface area contributed by atoms with Crippen molar-refractivity contribution in [3.05, 3.63) is 101 Å². The zero-order valence-electron chi connectivity index (χ0n) is 12.6. The van der Waals surface area contributed by atoms with Gasteiger partial charge in [-0.25, -0.2) is 0 Å². The van der Waals surface area contributed by atoms with Crippen molar-refractivity contribution < 1.29 is 0 Å². The highest BCUT2D eigenvalue weighted by molar-refractivity contribution is 6.30. The average molecular weight is 321 g/mol. The summed E-state index contributed by atoms with van der Waals surface area (Å²) in [4.78, 5) is 0. The molecule has 0 aromatic heterocycles. The zero-order chi connectivity index (χ0) is 15.9. The maximum absolute atomic E-state index is 5.92. The van der Waals surface area contributed by atoms with Crippen LogP contribution in [0, 0.1) is 0 Å². The van der Waals surface area contributed by atoms with Gasteiger partial charge in [0.1, 0.15) is 0 Å². The van der Waals surface area contributed by atoms with Crippen LogP contribution in [0.25, 0.3) is 0 Å². The lowest BCUT2D eigenvalue weighted by molar-refractivity contribution is 0.858. The quantitative estimate of drug-likeness (QED) is 0.455. The molecule has 3 aromatic carbocycles. The minimum absolute atomic E-state index is 0.717. The summed E-state index contributed by atoms with van der Waals surface area (Å²) in [6, 6.07) is 28.1. The van der Waals surface area contributed by atoms with Gasteiger partial charge >= 0.3 is 0 Å². The van der Waals surface area contributed by atoms with Crippen molar-refractivity contribution in [1.29, 1.82) is 0 Å². The van der Waals surface area contributed by atoms with E-state index in [1.165, 1.54) is 5.56 Å². The summed E-state index contributed by atoms with van der Waals surface area (Å²) >= 11 is 5.92. The fraction of sp³-hybridized carbons (Fsp3) is 0.0500. The molecule has 0 fully saturated rings. The molecule has 0 radical (unpaired) electrons. The lowest BCUT2D eigenvalue weighted by Gasteiger charge is -2.19. The number of nitrogens with zero attached hydrogens (tertiary/aromatic N) is 2. The number of halogens is 1. The highest BCUT2D eigenvalue weighted by atomic mass is 35.5. The summed E-state index contributed by atoms with van der Waals surface area (Å²) in [7, 11) is 0. The molecule has 0 aliphatic heterocycles. The Morgan fingerprint density at radius 2 is 1.39 bits per heavy atom. The molecule has 0 bridgehead atoms. The van der Waals surface area contributed by atoms with E-state index in [1.807, 2.05) is 71.9 Å². The van der Waals surface area contributed by atoms with Gasteiger partial charge in [-0.3, -0.25) is 5.01 Å². The van der Waals surface area contributed by atoms with Crippen molar-refractivity contribution in [2.45, 2.75) is 6.54 Å². The van der Waals surface area contributed by atoms with Crippen LogP contribution in [-0.4, -0.2) is 6.21 Å². The number of hydrogen-bond acceptors (Lipinski definition) is 2. The Morgan fingerprint density at radius 1 is 0.783 bits per heavy atom. The summed E-state index contributed by atoms with van der Waals surface area (Å²) in [5, 5.41) is 7.37. The first-order valence-electron chi connectivity index (χ1n) is 7.47. The van der Waals surface area contributed by atoms with Crippen LogP contribution in [0.5, 0.6) is 0 Å². The van der Waals surface area contributed by atoms with Crippen LogP contribution in [0.1, 0.15) is 11.1 Å². The second kappa shape index (κ2) is 7.61. The largest absolute Gasteiger partial charge is 0.261 e. The summed E-state index contributed by atoms with van der Waals surface area (Å²) < 4.78 is 0. The van der Waals surface area contributed by atoms with Gasteiger partial charge in [-0.15, -0.1) is 0 Å². The topological polar surface area (TPSA) is 15.6 Å². The molecule has 3 rings (SSSR count). The van der Waals surface area contributed by atoms with Gasteiger partial charge in [-0.1, -0.05) is 72.3 Å². The molecule has 0 atom stereocenters. The standard InChI is InChI=1S/C20H17ClN2/c21-19-13-11-17(12-14-19)15-22-23(20-9-5-2-6-10-20)16-18-7-3-1-4-8-18/h1-15H,16H2. The van der Waals surface area contributed by atoms with Gasteiger partial charge in [0, 0.05) is 5.02 Å². The van der Waals surface area contributed by atoms with Crippen molar-refractivity contribution >= 4 is 23.5 Å². The first-order valence-corrected chi connectivity index (χ1v) is 7.85. The summed E-state index contributed by atoms with van der Waals surface area (Å²) in [5.41, 5.74) is 3.29. The third kappa shape index (κ3) is 4.44. The highest BCUT2D eigenvalue weighted by Gasteiger charge is 2.05. The molecule has 0 amide bonds. The number of para-hydroxylation sites is 1. The maximum atomic E-state index is 5.92. The minimum atomic E-state index is 0.717. The van der Waals surface area contributed by atoms with Crippen molar-refractivity contribution in [3.63, 3.8) is 0 Å². The van der Waals surface area contributed by atoms with Crippen LogP contribution >= 0.6 is 11.6 Å². The van der Waals surface area contributed by atoms with Crippen molar-refractivity contribution in [1.82, 2.24) is 0 Å². The number of anilines is 1. The molecule has 114 valence electrons. The van der Waals surface area contributed by atoms with Crippen LogP contribution in [0.3, 0.4) is 0 Å². The Balaban J connectivity index is 1.84. The van der Waals surface area contributed by atoms with E-state index in [2.05, 4.69) is 29.4 Å². The van der Waals surface area contributed by atoms with Gasteiger partial charge < -0.3 is 0 Å². The van der Waals surface area contributed by atoms with E-state index in [0.29, 0.717) is 0 Å². The molecular weight excluding hydrogens is 304 g/mol. The van der Waals surface area contributed by atoms with Crippen LogP contribution in [0.15, 0.2) is 90.0 Å². The third-order valence-electron chi connectivity index (χ3n) is 3.45. The lowest BCUT2D eigenvalue weighted by Crippen LogP contribution is -2.15. The molecule has 0 N–H and O–H groups in total. The smallest absolute Gasteiger partial charge is 0.0666 e. The molecule has 23 heavy (non-hydrogen) atoms. The zero-order valence-corrected chi connectivity index (χ0v) is 13.4. The van der Waals surface area contributed by atoms with E-state index in [4.69, 9.17) is 11.6 Å². The molecular formula is C20H17ClN2. The Bertz CT molecular complexity index is 753. The minimum Gasteiger partial charge on any atom is -0.261 e. The molecule has 3 aromatic rings. The fourth-order valence-corrected chi connectivity index (χ4v) is 2.37. The summed E-state index contributed by atoms with van der Waals surface area (Å²) in [5.74, 6) is 0. The SMILES string of the molecule is Clc1ccc(C=NN(Cc2ccccc2)c2ccccc2)cc1. The van der Waals surface area contributed by atoms with Crippen LogP contribution in [0.2, 0.25) is 5.02 Å². The number of rotatable bonds is 5. The molecule has 0 aliphatic rings. The van der Waals surface area contributed by atoms with E-state index in [9.17, 15) is 0 Å². The second-order valence-corrected chi connectivity index (χ2v) is 5.61. The van der Waals surface area contributed by atoms with Crippen LogP contribution < -0.4 is 5.01 Å². The van der Waals surface area contributed by atoms with Crippen molar-refractivity contribution in [3.8, 4) is 0 Å². The Hall–Kier alpha value is -2.58. The van der Waals surface area contributed by atoms with E-state index >= 15 is 0 Å². The van der Waals surface area contributed by atoms with Crippen LogP contribution in [-0.2, 0) is 6.54 Å². The summed E-state index contributed by atoms with van der Waals surface area (Å²) in [6.07, 6.45) is 1.85. The normalized spacial score (nSPS) is 10.8. The molecule has 0 unspecified atom stereocenters. The maximum Gasteiger partial charge on any atom is 0.0666 e. The van der Waals surface area contributed by atoms with Gasteiger partial charge in [0.05, 0.1) is 18.4 Å². The van der Waals surface area contributed by atoms with Gasteiger partial charge in [-0.2, -0.15) is 5.10 Å². The molecule has 0 heterocycles. The number of benzene rings is 3. The van der Waals surface area contributed by atoms with E-state index in [-0.39, 0.29) is 0 Å². The first kappa shape index (κ1) is 15.3. The lowest BCUT2D eigenvalue weighted by atomic mass is 10.2. The van der Waals surface area contributed by atoms with Gasteiger partial charge in [0.2, 0.25) is 0 Å². The number of hydrogen-bond donors (Lipinski definition) is 0. The molecule has 0 aliphatic carbocycles. The predicted molar refractivity (Wildman–Crippen MR) is 98.1 cm³/mol.